The van der Waals surface area contributed by atoms with Crippen molar-refractivity contribution in [1.82, 2.24) is 15.2 Å². The number of benzene rings is 2. The molecule has 1 saturated heterocycles. The van der Waals surface area contributed by atoms with Crippen molar-refractivity contribution < 1.29 is 4.42 Å². The van der Waals surface area contributed by atoms with Gasteiger partial charge in [-0.3, -0.25) is 4.98 Å². The number of pyridine rings is 1. The van der Waals surface area contributed by atoms with Gasteiger partial charge in [-0.05, 0) is 60.6 Å². The Morgan fingerprint density at radius 1 is 1.03 bits per heavy atom. The largest absolute Gasteiger partial charge is 0.459 e. The Balaban J connectivity index is 1.54. The lowest BCUT2D eigenvalue weighted by molar-refractivity contribution is 0.269. The van der Waals surface area contributed by atoms with Crippen molar-refractivity contribution in [2.24, 2.45) is 0 Å². The van der Waals surface area contributed by atoms with Crippen LogP contribution in [0.2, 0.25) is 5.02 Å². The Morgan fingerprint density at radius 2 is 1.84 bits per heavy atom. The highest BCUT2D eigenvalue weighted by molar-refractivity contribution is 7.80. The number of aryl methyl sites for hydroxylation is 1. The number of hydrogen-bond donors (Lipinski definition) is 1. The SMILES string of the molecule is Cc1ccc(-c2ccc(C3C(c4ccccn4)NC(=S)N3Cc3ccccc3)o2)cc1Cl. The first kappa shape index (κ1) is 20.7. The summed E-state index contributed by atoms with van der Waals surface area (Å²) in [5.74, 6) is 1.61. The summed E-state index contributed by atoms with van der Waals surface area (Å²) in [4.78, 5) is 6.77. The van der Waals surface area contributed by atoms with E-state index in [-0.39, 0.29) is 12.1 Å². The summed E-state index contributed by atoms with van der Waals surface area (Å²) in [7, 11) is 0. The molecule has 0 saturated carbocycles. The Morgan fingerprint density at radius 3 is 2.59 bits per heavy atom. The van der Waals surface area contributed by atoms with Gasteiger partial charge in [0.1, 0.15) is 17.6 Å². The van der Waals surface area contributed by atoms with Crippen LogP contribution >= 0.6 is 23.8 Å². The molecule has 2 unspecified atom stereocenters. The third-order valence-electron chi connectivity index (χ3n) is 5.77. The van der Waals surface area contributed by atoms with Crippen LogP contribution < -0.4 is 5.32 Å². The molecular weight excluding hydrogens is 438 g/mol. The first-order valence-corrected chi connectivity index (χ1v) is 11.3. The van der Waals surface area contributed by atoms with Gasteiger partial charge < -0.3 is 14.6 Å². The number of furan rings is 1. The lowest BCUT2D eigenvalue weighted by atomic mass is 10.0. The van der Waals surface area contributed by atoms with E-state index < -0.39 is 0 Å². The molecule has 160 valence electrons. The summed E-state index contributed by atoms with van der Waals surface area (Å²) < 4.78 is 6.39. The second-order valence-corrected chi connectivity index (χ2v) is 8.70. The number of aromatic nitrogens is 1. The van der Waals surface area contributed by atoms with E-state index in [4.69, 9.17) is 28.2 Å². The van der Waals surface area contributed by atoms with E-state index in [9.17, 15) is 0 Å². The summed E-state index contributed by atoms with van der Waals surface area (Å²) >= 11 is 12.1. The molecule has 2 aromatic heterocycles. The molecule has 2 atom stereocenters. The van der Waals surface area contributed by atoms with Crippen molar-refractivity contribution in [1.29, 1.82) is 0 Å². The first-order chi connectivity index (χ1) is 15.6. The third-order valence-corrected chi connectivity index (χ3v) is 6.53. The summed E-state index contributed by atoms with van der Waals surface area (Å²) in [5, 5.41) is 4.88. The fourth-order valence-electron chi connectivity index (χ4n) is 4.08. The van der Waals surface area contributed by atoms with Crippen molar-refractivity contribution in [2.75, 3.05) is 0 Å². The van der Waals surface area contributed by atoms with Crippen LogP contribution in [0.4, 0.5) is 0 Å². The van der Waals surface area contributed by atoms with Crippen LogP contribution in [0.25, 0.3) is 11.3 Å². The van der Waals surface area contributed by atoms with Gasteiger partial charge in [0.25, 0.3) is 0 Å². The molecule has 5 rings (SSSR count). The zero-order valence-corrected chi connectivity index (χ0v) is 19.1. The Kier molecular flexibility index (Phi) is 5.68. The van der Waals surface area contributed by atoms with Crippen molar-refractivity contribution in [3.05, 3.63) is 113 Å². The van der Waals surface area contributed by atoms with Crippen LogP contribution in [0.5, 0.6) is 0 Å². The van der Waals surface area contributed by atoms with Gasteiger partial charge in [0.05, 0.1) is 11.7 Å². The lowest BCUT2D eigenvalue weighted by Crippen LogP contribution is -2.29. The minimum absolute atomic E-state index is 0.118. The zero-order valence-electron chi connectivity index (χ0n) is 17.5. The molecule has 0 aliphatic carbocycles. The van der Waals surface area contributed by atoms with Crippen LogP contribution in [0.15, 0.2) is 89.5 Å². The molecule has 0 spiro atoms. The molecule has 1 aliphatic heterocycles. The molecule has 6 heteroatoms. The Hall–Kier alpha value is -3.15. The van der Waals surface area contributed by atoms with Gasteiger partial charge >= 0.3 is 0 Å². The van der Waals surface area contributed by atoms with Gasteiger partial charge in [0.15, 0.2) is 5.11 Å². The number of nitrogens with one attached hydrogen (secondary N) is 1. The fourth-order valence-corrected chi connectivity index (χ4v) is 4.56. The fraction of sp³-hybridized carbons (Fsp3) is 0.154. The molecule has 4 nitrogen and oxygen atoms in total. The van der Waals surface area contributed by atoms with Crippen LogP contribution in [-0.4, -0.2) is 15.0 Å². The van der Waals surface area contributed by atoms with Gasteiger partial charge in [-0.15, -0.1) is 0 Å². The highest BCUT2D eigenvalue weighted by Gasteiger charge is 2.41. The predicted molar refractivity (Wildman–Crippen MR) is 131 cm³/mol. The molecule has 1 aliphatic rings. The maximum atomic E-state index is 6.39. The number of hydrogen-bond acceptors (Lipinski definition) is 3. The van der Waals surface area contributed by atoms with Gasteiger partial charge in [0.2, 0.25) is 0 Å². The highest BCUT2D eigenvalue weighted by Crippen LogP contribution is 2.41. The number of nitrogens with zero attached hydrogens (tertiary/aromatic N) is 2. The molecule has 32 heavy (non-hydrogen) atoms. The van der Waals surface area contributed by atoms with Gasteiger partial charge in [0, 0.05) is 23.3 Å². The molecule has 3 heterocycles. The zero-order chi connectivity index (χ0) is 22.1. The molecule has 2 aromatic carbocycles. The Labute approximate surface area is 197 Å². The van der Waals surface area contributed by atoms with E-state index in [1.54, 1.807) is 6.20 Å². The summed E-state index contributed by atoms with van der Waals surface area (Å²) in [6, 6.07) is 26.0. The summed E-state index contributed by atoms with van der Waals surface area (Å²) in [5.41, 5.74) is 4.09. The Bertz CT molecular complexity index is 1240. The quantitative estimate of drug-likeness (QED) is 0.346. The lowest BCUT2D eigenvalue weighted by Gasteiger charge is -2.26. The highest BCUT2D eigenvalue weighted by atomic mass is 35.5. The monoisotopic (exact) mass is 459 g/mol. The first-order valence-electron chi connectivity index (χ1n) is 10.5. The van der Waals surface area contributed by atoms with E-state index in [0.717, 1.165) is 33.4 Å². The molecule has 1 fully saturated rings. The molecule has 0 radical (unpaired) electrons. The smallest absolute Gasteiger partial charge is 0.170 e. The average Bonchev–Trinajstić information content (AvgIpc) is 3.42. The predicted octanol–water partition coefficient (Wildman–Crippen LogP) is 6.48. The van der Waals surface area contributed by atoms with Crippen LogP contribution in [-0.2, 0) is 6.54 Å². The molecule has 1 N–H and O–H groups in total. The van der Waals surface area contributed by atoms with E-state index in [0.29, 0.717) is 11.7 Å². The number of rotatable bonds is 5. The summed E-state index contributed by atoms with van der Waals surface area (Å²) in [6.07, 6.45) is 1.80. The van der Waals surface area contributed by atoms with Crippen molar-refractivity contribution >= 4 is 28.9 Å². The van der Waals surface area contributed by atoms with Crippen LogP contribution in [0.1, 0.15) is 34.7 Å². The standard InChI is InChI=1S/C26H22ClN3OS/c1-17-10-11-19(15-20(17)27)22-12-13-23(31-22)25-24(21-9-5-6-14-28-21)29-26(32)30(25)16-18-7-3-2-4-8-18/h2-15,24-25H,16H2,1H3,(H,29,32). The van der Waals surface area contributed by atoms with Gasteiger partial charge in [-0.2, -0.15) is 0 Å². The second-order valence-electron chi connectivity index (χ2n) is 7.91. The molecule has 0 amide bonds. The number of thiocarbonyl (C=S) groups is 1. The van der Waals surface area contributed by atoms with Crippen molar-refractivity contribution in [3.63, 3.8) is 0 Å². The topological polar surface area (TPSA) is 41.3 Å². The van der Waals surface area contributed by atoms with E-state index in [1.807, 2.05) is 73.7 Å². The van der Waals surface area contributed by atoms with E-state index in [1.165, 1.54) is 5.56 Å². The van der Waals surface area contributed by atoms with E-state index in [2.05, 4.69) is 27.3 Å². The maximum Gasteiger partial charge on any atom is 0.170 e. The minimum Gasteiger partial charge on any atom is -0.459 e. The van der Waals surface area contributed by atoms with Crippen LogP contribution in [0.3, 0.4) is 0 Å². The second kappa shape index (κ2) is 8.77. The summed E-state index contributed by atoms with van der Waals surface area (Å²) in [6.45, 7) is 2.66. The molecule has 4 aromatic rings. The van der Waals surface area contributed by atoms with Gasteiger partial charge in [-0.1, -0.05) is 60.1 Å². The van der Waals surface area contributed by atoms with Crippen molar-refractivity contribution in [3.8, 4) is 11.3 Å². The molecule has 0 bridgehead atoms. The van der Waals surface area contributed by atoms with Gasteiger partial charge in [-0.25, -0.2) is 0 Å². The molecular formula is C26H22ClN3OS. The maximum absolute atomic E-state index is 6.39. The average molecular weight is 460 g/mol. The minimum atomic E-state index is -0.132. The van der Waals surface area contributed by atoms with E-state index >= 15 is 0 Å². The third kappa shape index (κ3) is 4.01. The normalized spacial score (nSPS) is 18.1. The van der Waals surface area contributed by atoms with Crippen molar-refractivity contribution in [2.45, 2.75) is 25.6 Å². The number of halogens is 1. The van der Waals surface area contributed by atoms with Crippen LogP contribution in [0, 0.1) is 6.92 Å².